The highest BCUT2D eigenvalue weighted by atomic mass is 17.1. The summed E-state index contributed by atoms with van der Waals surface area (Å²) in [6.45, 7) is 0.602. The lowest BCUT2D eigenvalue weighted by Crippen LogP contribution is -2.26. The highest BCUT2D eigenvalue weighted by Crippen LogP contribution is 2.44. The van der Waals surface area contributed by atoms with Crippen molar-refractivity contribution < 1.29 is 24.4 Å². The molecule has 16 heavy (non-hydrogen) atoms. The third-order valence-electron chi connectivity index (χ3n) is 2.50. The molecule has 0 saturated carbocycles. The third kappa shape index (κ3) is 1.48. The van der Waals surface area contributed by atoms with Crippen molar-refractivity contribution >= 4 is 11.6 Å². The predicted octanol–water partition coefficient (Wildman–Crippen LogP) is 0.941. The van der Waals surface area contributed by atoms with Crippen LogP contribution in [0.1, 0.15) is 11.7 Å². The van der Waals surface area contributed by atoms with Crippen molar-refractivity contribution in [2.24, 2.45) is 0 Å². The highest BCUT2D eigenvalue weighted by Gasteiger charge is 2.32. The molecule has 2 heterocycles. The van der Waals surface area contributed by atoms with Gasteiger partial charge in [-0.05, 0) is 6.07 Å². The van der Waals surface area contributed by atoms with Crippen molar-refractivity contribution in [3.8, 4) is 11.5 Å². The van der Waals surface area contributed by atoms with Crippen LogP contribution in [0.5, 0.6) is 11.5 Å². The Morgan fingerprint density at radius 1 is 1.50 bits per heavy atom. The van der Waals surface area contributed by atoms with Gasteiger partial charge in [-0.1, -0.05) is 0 Å². The summed E-state index contributed by atoms with van der Waals surface area (Å²) in [5.74, 6) is 0.600. The van der Waals surface area contributed by atoms with E-state index in [0.29, 0.717) is 18.0 Å². The molecule has 1 atom stereocenters. The molecule has 1 amide bonds. The summed E-state index contributed by atoms with van der Waals surface area (Å²) in [5, 5.41) is 11.3. The van der Waals surface area contributed by atoms with Gasteiger partial charge < -0.3 is 19.7 Å². The minimum absolute atomic E-state index is 0.00789. The summed E-state index contributed by atoms with van der Waals surface area (Å²) < 4.78 is 10.5. The second-order valence-electron chi connectivity index (χ2n) is 3.64. The van der Waals surface area contributed by atoms with Crippen LogP contribution in [0.4, 0.5) is 5.69 Å². The molecule has 1 saturated heterocycles. The lowest BCUT2D eigenvalue weighted by atomic mass is 10.1. The van der Waals surface area contributed by atoms with Crippen molar-refractivity contribution in [2.75, 3.05) is 18.5 Å². The van der Waals surface area contributed by atoms with E-state index in [4.69, 9.17) is 14.7 Å². The quantitative estimate of drug-likeness (QED) is 0.443. The van der Waals surface area contributed by atoms with Gasteiger partial charge in [0, 0.05) is 11.6 Å². The van der Waals surface area contributed by atoms with E-state index < -0.39 is 0 Å². The Labute approximate surface area is 90.7 Å². The molecule has 0 spiro atoms. The van der Waals surface area contributed by atoms with Crippen LogP contribution in [-0.2, 0) is 9.53 Å². The van der Waals surface area contributed by atoms with Gasteiger partial charge in [-0.3, -0.25) is 4.79 Å². The second kappa shape index (κ2) is 3.36. The number of anilines is 1. The molecule has 0 bridgehead atoms. The fourth-order valence-corrected chi connectivity index (χ4v) is 1.72. The SMILES string of the molecule is O=C1COc2c(cc(OO)cc2[C@@H]2CO2)N1. The highest BCUT2D eigenvalue weighted by molar-refractivity contribution is 5.96. The summed E-state index contributed by atoms with van der Waals surface area (Å²) in [6.07, 6.45) is -0.0427. The van der Waals surface area contributed by atoms with Crippen LogP contribution in [0.15, 0.2) is 12.1 Å². The molecule has 0 aliphatic carbocycles. The van der Waals surface area contributed by atoms with Crippen LogP contribution in [0.2, 0.25) is 0 Å². The number of fused-ring (bicyclic) bond motifs is 1. The van der Waals surface area contributed by atoms with Gasteiger partial charge in [-0.2, -0.15) is 0 Å². The Morgan fingerprint density at radius 3 is 3.00 bits per heavy atom. The van der Waals surface area contributed by atoms with Crippen molar-refractivity contribution in [1.29, 1.82) is 0 Å². The number of nitrogens with one attached hydrogen (secondary N) is 1. The maximum absolute atomic E-state index is 11.2. The summed E-state index contributed by atoms with van der Waals surface area (Å²) in [5.41, 5.74) is 1.27. The number of hydrogen-bond donors (Lipinski definition) is 2. The van der Waals surface area contributed by atoms with Gasteiger partial charge in [0.05, 0.1) is 12.3 Å². The number of amides is 1. The molecule has 1 fully saturated rings. The zero-order valence-corrected chi connectivity index (χ0v) is 8.23. The van der Waals surface area contributed by atoms with E-state index >= 15 is 0 Å². The van der Waals surface area contributed by atoms with E-state index in [-0.39, 0.29) is 24.4 Å². The largest absolute Gasteiger partial charge is 0.481 e. The first-order chi connectivity index (χ1) is 7.78. The summed E-state index contributed by atoms with van der Waals surface area (Å²) in [6, 6.07) is 3.13. The molecular weight excluding hydrogens is 214 g/mol. The molecule has 2 aliphatic heterocycles. The smallest absolute Gasteiger partial charge is 0.262 e. The lowest BCUT2D eigenvalue weighted by Gasteiger charge is -2.20. The average Bonchev–Trinajstić information content (AvgIpc) is 3.10. The maximum atomic E-state index is 11.2. The fourth-order valence-electron chi connectivity index (χ4n) is 1.72. The number of carbonyl (C=O) groups excluding carboxylic acids is 1. The Kier molecular flexibility index (Phi) is 1.98. The molecule has 0 aromatic heterocycles. The first-order valence-corrected chi connectivity index (χ1v) is 4.81. The molecule has 1 aromatic rings. The Bertz CT molecular complexity index is 455. The standard InChI is InChI=1S/C10H9NO5/c12-9-4-15-10-6(8-3-14-8)1-5(16-13)2-7(10)11-9/h1-2,8,13H,3-4H2,(H,11,12)/t8-/m0/s1. The van der Waals surface area contributed by atoms with Crippen LogP contribution < -0.4 is 14.9 Å². The van der Waals surface area contributed by atoms with E-state index in [2.05, 4.69) is 10.2 Å². The zero-order chi connectivity index (χ0) is 11.1. The monoisotopic (exact) mass is 223 g/mol. The van der Waals surface area contributed by atoms with Crippen molar-refractivity contribution in [1.82, 2.24) is 0 Å². The molecule has 84 valence electrons. The molecule has 1 aromatic carbocycles. The molecule has 0 radical (unpaired) electrons. The van der Waals surface area contributed by atoms with Crippen LogP contribution in [-0.4, -0.2) is 24.4 Å². The van der Waals surface area contributed by atoms with Gasteiger partial charge in [-0.25, -0.2) is 5.26 Å². The fraction of sp³-hybridized carbons (Fsp3) is 0.300. The van der Waals surface area contributed by atoms with Gasteiger partial charge in [0.15, 0.2) is 12.4 Å². The summed E-state index contributed by atoms with van der Waals surface area (Å²) in [4.78, 5) is 15.3. The molecule has 2 aliphatic rings. The first-order valence-electron chi connectivity index (χ1n) is 4.81. The van der Waals surface area contributed by atoms with Crippen LogP contribution in [0.3, 0.4) is 0 Å². The van der Waals surface area contributed by atoms with Gasteiger partial charge >= 0.3 is 0 Å². The van der Waals surface area contributed by atoms with Gasteiger partial charge in [0.25, 0.3) is 5.91 Å². The normalized spacial score (nSPS) is 21.8. The predicted molar refractivity (Wildman–Crippen MR) is 52.5 cm³/mol. The van der Waals surface area contributed by atoms with E-state index in [1.54, 1.807) is 6.07 Å². The number of rotatable bonds is 2. The molecule has 3 rings (SSSR count). The number of ether oxygens (including phenoxy) is 2. The zero-order valence-electron chi connectivity index (χ0n) is 8.23. The van der Waals surface area contributed by atoms with Crippen LogP contribution in [0, 0.1) is 0 Å². The molecule has 0 unspecified atom stereocenters. The van der Waals surface area contributed by atoms with E-state index in [1.807, 2.05) is 0 Å². The van der Waals surface area contributed by atoms with Gasteiger partial charge in [0.1, 0.15) is 11.9 Å². The molecule has 2 N–H and O–H groups in total. The summed E-state index contributed by atoms with van der Waals surface area (Å²) in [7, 11) is 0. The van der Waals surface area contributed by atoms with Crippen LogP contribution in [0.25, 0.3) is 0 Å². The number of hydrogen-bond acceptors (Lipinski definition) is 5. The number of carbonyl (C=O) groups is 1. The molecular formula is C10H9NO5. The topological polar surface area (TPSA) is 80.3 Å². The van der Waals surface area contributed by atoms with Crippen molar-refractivity contribution in [2.45, 2.75) is 6.10 Å². The Hall–Kier alpha value is -1.79. The minimum Gasteiger partial charge on any atom is -0.481 e. The van der Waals surface area contributed by atoms with Crippen molar-refractivity contribution in [3.05, 3.63) is 17.7 Å². The van der Waals surface area contributed by atoms with E-state index in [1.165, 1.54) is 6.07 Å². The first kappa shape index (κ1) is 9.44. The lowest BCUT2D eigenvalue weighted by molar-refractivity contribution is -0.137. The van der Waals surface area contributed by atoms with Crippen LogP contribution >= 0.6 is 0 Å². The maximum Gasteiger partial charge on any atom is 0.262 e. The number of epoxide rings is 1. The summed E-state index contributed by atoms with van der Waals surface area (Å²) >= 11 is 0. The Balaban J connectivity index is 2.09. The third-order valence-corrected chi connectivity index (χ3v) is 2.50. The van der Waals surface area contributed by atoms with Crippen molar-refractivity contribution in [3.63, 3.8) is 0 Å². The Morgan fingerprint density at radius 2 is 2.31 bits per heavy atom. The second-order valence-corrected chi connectivity index (χ2v) is 3.64. The van der Waals surface area contributed by atoms with E-state index in [9.17, 15) is 4.79 Å². The van der Waals surface area contributed by atoms with Gasteiger partial charge in [-0.15, -0.1) is 0 Å². The van der Waals surface area contributed by atoms with E-state index in [0.717, 1.165) is 5.56 Å². The molecule has 6 heteroatoms. The molecule has 6 nitrogen and oxygen atoms in total. The number of benzene rings is 1. The van der Waals surface area contributed by atoms with Gasteiger partial charge in [0.2, 0.25) is 0 Å². The minimum atomic E-state index is -0.231. The average molecular weight is 223 g/mol.